The number of hydrogen-bond donors (Lipinski definition) is 1. The number of hydrogen-bond acceptors (Lipinski definition) is 3. The van der Waals surface area contributed by atoms with Crippen LogP contribution in [0.1, 0.15) is 18.9 Å². The lowest BCUT2D eigenvalue weighted by Gasteiger charge is -2.12. The van der Waals surface area contributed by atoms with E-state index in [-0.39, 0.29) is 6.04 Å². The highest BCUT2D eigenvalue weighted by atomic mass is 15.0. The Balaban J connectivity index is 2.76. The molecule has 0 aromatic carbocycles. The molecule has 3 nitrogen and oxygen atoms in total. The van der Waals surface area contributed by atoms with Crippen LogP contribution >= 0.6 is 0 Å². The molecule has 0 radical (unpaired) electrons. The molecular formula is C11H13N3. The fourth-order valence-electron chi connectivity index (χ4n) is 1.15. The summed E-state index contributed by atoms with van der Waals surface area (Å²) in [5.41, 5.74) is 0.573. The molecule has 1 heterocycles. The van der Waals surface area contributed by atoms with Gasteiger partial charge in [-0.05, 0) is 25.5 Å². The molecule has 0 saturated carbocycles. The average Bonchev–Trinajstić information content (AvgIpc) is 2.19. The molecule has 1 aromatic rings. The Morgan fingerprint density at radius 1 is 1.79 bits per heavy atom. The van der Waals surface area contributed by atoms with E-state index in [1.807, 2.05) is 13.0 Å². The van der Waals surface area contributed by atoms with Crippen LogP contribution < -0.4 is 5.32 Å². The second-order valence-corrected chi connectivity index (χ2v) is 3.08. The van der Waals surface area contributed by atoms with Crippen LogP contribution in [0.5, 0.6) is 0 Å². The Labute approximate surface area is 84.1 Å². The molecule has 1 atom stereocenters. The minimum Gasteiger partial charge on any atom is -0.366 e. The van der Waals surface area contributed by atoms with Crippen molar-refractivity contribution in [1.29, 1.82) is 5.26 Å². The molecule has 0 aliphatic rings. The molecule has 14 heavy (non-hydrogen) atoms. The van der Waals surface area contributed by atoms with Gasteiger partial charge in [-0.15, -0.1) is 6.58 Å². The molecule has 0 saturated heterocycles. The van der Waals surface area contributed by atoms with E-state index in [0.717, 1.165) is 6.42 Å². The normalized spacial score (nSPS) is 11.4. The highest BCUT2D eigenvalue weighted by Gasteiger charge is 2.04. The van der Waals surface area contributed by atoms with Gasteiger partial charge in [0.1, 0.15) is 11.9 Å². The third-order valence-electron chi connectivity index (χ3n) is 1.83. The second-order valence-electron chi connectivity index (χ2n) is 3.08. The first-order valence-corrected chi connectivity index (χ1v) is 4.50. The molecule has 0 fully saturated rings. The summed E-state index contributed by atoms with van der Waals surface area (Å²) in [5.74, 6) is 0.643. The summed E-state index contributed by atoms with van der Waals surface area (Å²) in [5, 5.41) is 12.0. The van der Waals surface area contributed by atoms with Crippen molar-refractivity contribution in [2.24, 2.45) is 0 Å². The van der Waals surface area contributed by atoms with Gasteiger partial charge in [0.05, 0.1) is 5.56 Å². The van der Waals surface area contributed by atoms with Crippen LogP contribution in [0.25, 0.3) is 0 Å². The lowest BCUT2D eigenvalue weighted by molar-refractivity contribution is 0.807. The SMILES string of the molecule is C=CCC(C)Nc1ncccc1C#N. The van der Waals surface area contributed by atoms with E-state index in [1.165, 1.54) is 0 Å². The maximum atomic E-state index is 8.81. The molecule has 0 bridgehead atoms. The van der Waals surface area contributed by atoms with Gasteiger partial charge in [0.2, 0.25) is 0 Å². The fourth-order valence-corrected chi connectivity index (χ4v) is 1.15. The highest BCUT2D eigenvalue weighted by Crippen LogP contribution is 2.11. The summed E-state index contributed by atoms with van der Waals surface area (Å²) < 4.78 is 0. The summed E-state index contributed by atoms with van der Waals surface area (Å²) in [7, 11) is 0. The van der Waals surface area contributed by atoms with Crippen molar-refractivity contribution in [3.05, 3.63) is 36.5 Å². The number of aromatic nitrogens is 1. The third-order valence-corrected chi connectivity index (χ3v) is 1.83. The number of nitriles is 1. The zero-order chi connectivity index (χ0) is 10.4. The monoisotopic (exact) mass is 187 g/mol. The summed E-state index contributed by atoms with van der Waals surface area (Å²) in [6.07, 6.45) is 4.36. The van der Waals surface area contributed by atoms with Crippen molar-refractivity contribution in [2.75, 3.05) is 5.32 Å². The summed E-state index contributed by atoms with van der Waals surface area (Å²) in [6, 6.07) is 5.83. The van der Waals surface area contributed by atoms with E-state index in [0.29, 0.717) is 11.4 Å². The molecule has 1 aromatic heterocycles. The lowest BCUT2D eigenvalue weighted by Crippen LogP contribution is -2.15. The van der Waals surface area contributed by atoms with Crippen molar-refractivity contribution in [3.8, 4) is 6.07 Å². The maximum absolute atomic E-state index is 8.81. The van der Waals surface area contributed by atoms with Gasteiger partial charge in [-0.2, -0.15) is 5.26 Å². The first kappa shape index (κ1) is 10.3. The highest BCUT2D eigenvalue weighted by molar-refractivity contribution is 5.51. The largest absolute Gasteiger partial charge is 0.366 e. The molecule has 0 spiro atoms. The Morgan fingerprint density at radius 3 is 3.21 bits per heavy atom. The van der Waals surface area contributed by atoms with Gasteiger partial charge in [-0.25, -0.2) is 4.98 Å². The van der Waals surface area contributed by atoms with E-state index in [9.17, 15) is 0 Å². The van der Waals surface area contributed by atoms with Crippen molar-refractivity contribution >= 4 is 5.82 Å². The van der Waals surface area contributed by atoms with Crippen LogP contribution in [0.15, 0.2) is 31.0 Å². The number of rotatable bonds is 4. The van der Waals surface area contributed by atoms with Crippen LogP contribution in [-0.2, 0) is 0 Å². The van der Waals surface area contributed by atoms with Crippen molar-refractivity contribution in [3.63, 3.8) is 0 Å². The molecule has 1 unspecified atom stereocenters. The van der Waals surface area contributed by atoms with Crippen molar-refractivity contribution in [1.82, 2.24) is 4.98 Å². The topological polar surface area (TPSA) is 48.7 Å². The third kappa shape index (κ3) is 2.60. The van der Waals surface area contributed by atoms with Gasteiger partial charge in [-0.1, -0.05) is 6.08 Å². The fraction of sp³-hybridized carbons (Fsp3) is 0.273. The van der Waals surface area contributed by atoms with E-state index in [4.69, 9.17) is 5.26 Å². The van der Waals surface area contributed by atoms with E-state index < -0.39 is 0 Å². The molecule has 0 aliphatic heterocycles. The molecule has 1 rings (SSSR count). The summed E-state index contributed by atoms with van der Waals surface area (Å²) in [4.78, 5) is 4.10. The number of nitrogens with one attached hydrogen (secondary N) is 1. The Bertz CT molecular complexity index is 352. The van der Waals surface area contributed by atoms with E-state index in [1.54, 1.807) is 18.3 Å². The maximum Gasteiger partial charge on any atom is 0.144 e. The minimum absolute atomic E-state index is 0.245. The first-order chi connectivity index (χ1) is 6.77. The van der Waals surface area contributed by atoms with Crippen LogP contribution in [0.2, 0.25) is 0 Å². The van der Waals surface area contributed by atoms with E-state index >= 15 is 0 Å². The van der Waals surface area contributed by atoms with Gasteiger partial charge >= 0.3 is 0 Å². The van der Waals surface area contributed by atoms with Crippen molar-refractivity contribution < 1.29 is 0 Å². The van der Waals surface area contributed by atoms with Crippen LogP contribution in [-0.4, -0.2) is 11.0 Å². The summed E-state index contributed by atoms with van der Waals surface area (Å²) in [6.45, 7) is 5.68. The second kappa shape index (κ2) is 5.03. The quantitative estimate of drug-likeness (QED) is 0.736. The number of anilines is 1. The molecule has 3 heteroatoms. The zero-order valence-electron chi connectivity index (χ0n) is 8.20. The Morgan fingerprint density at radius 2 is 2.57 bits per heavy atom. The molecule has 0 aliphatic carbocycles. The van der Waals surface area contributed by atoms with Gasteiger partial charge in [0.15, 0.2) is 0 Å². The van der Waals surface area contributed by atoms with Crippen LogP contribution in [0.3, 0.4) is 0 Å². The van der Waals surface area contributed by atoms with Gasteiger partial charge in [0, 0.05) is 12.2 Å². The minimum atomic E-state index is 0.245. The van der Waals surface area contributed by atoms with Gasteiger partial charge < -0.3 is 5.32 Å². The lowest BCUT2D eigenvalue weighted by atomic mass is 10.2. The smallest absolute Gasteiger partial charge is 0.144 e. The zero-order valence-corrected chi connectivity index (χ0v) is 8.20. The first-order valence-electron chi connectivity index (χ1n) is 4.50. The molecule has 72 valence electrons. The molecular weight excluding hydrogens is 174 g/mol. The molecule has 0 amide bonds. The van der Waals surface area contributed by atoms with Crippen molar-refractivity contribution in [2.45, 2.75) is 19.4 Å². The Kier molecular flexibility index (Phi) is 3.69. The van der Waals surface area contributed by atoms with Gasteiger partial charge in [-0.3, -0.25) is 0 Å². The number of pyridine rings is 1. The van der Waals surface area contributed by atoms with E-state index in [2.05, 4.69) is 22.9 Å². The van der Waals surface area contributed by atoms with Crippen LogP contribution in [0, 0.1) is 11.3 Å². The number of nitrogens with zero attached hydrogens (tertiary/aromatic N) is 2. The Hall–Kier alpha value is -1.82. The summed E-state index contributed by atoms with van der Waals surface area (Å²) >= 11 is 0. The predicted octanol–water partition coefficient (Wildman–Crippen LogP) is 2.33. The average molecular weight is 187 g/mol. The van der Waals surface area contributed by atoms with Crippen LogP contribution in [0.4, 0.5) is 5.82 Å². The van der Waals surface area contributed by atoms with Gasteiger partial charge in [0.25, 0.3) is 0 Å². The molecule has 1 N–H and O–H groups in total. The predicted molar refractivity (Wildman–Crippen MR) is 56.9 cm³/mol. The standard InChI is InChI=1S/C11H13N3/c1-3-5-9(2)14-11-10(8-12)6-4-7-13-11/h3-4,6-7,9H,1,5H2,2H3,(H,13,14).